The fourth-order valence-electron chi connectivity index (χ4n) is 0.989. The molecule has 0 atom stereocenters. The highest BCUT2D eigenvalue weighted by molar-refractivity contribution is 9.10. The fraction of sp³-hybridized carbons (Fsp3) is 0.364. The number of anilines is 1. The molecule has 0 saturated carbocycles. The van der Waals surface area contributed by atoms with Gasteiger partial charge in [-0.25, -0.2) is 4.39 Å². The van der Waals surface area contributed by atoms with Crippen molar-refractivity contribution in [1.82, 2.24) is 0 Å². The number of hydrogen-bond acceptors (Lipinski definition) is 3. The summed E-state index contributed by atoms with van der Waals surface area (Å²) in [5, 5.41) is 8.89. The SMILES string of the molecule is CC(C)(COc1cc(F)c(Br)cc1N)C(=O)O. The number of carboxylic acid groups (broad SMARTS) is 1. The van der Waals surface area contributed by atoms with Gasteiger partial charge in [0.2, 0.25) is 0 Å². The summed E-state index contributed by atoms with van der Waals surface area (Å²) in [5.41, 5.74) is 4.82. The molecule has 0 fully saturated rings. The lowest BCUT2D eigenvalue weighted by atomic mass is 9.95. The van der Waals surface area contributed by atoms with Crippen LogP contribution in [0.25, 0.3) is 0 Å². The first kappa shape index (κ1) is 13.8. The Morgan fingerprint density at radius 1 is 1.59 bits per heavy atom. The third-order valence-electron chi connectivity index (χ3n) is 2.22. The zero-order valence-electron chi connectivity index (χ0n) is 9.46. The van der Waals surface area contributed by atoms with Crippen LogP contribution >= 0.6 is 15.9 Å². The van der Waals surface area contributed by atoms with Crippen LogP contribution in [0.3, 0.4) is 0 Å². The molecule has 0 aliphatic carbocycles. The summed E-state index contributed by atoms with van der Waals surface area (Å²) in [5.74, 6) is -1.36. The van der Waals surface area contributed by atoms with E-state index in [0.717, 1.165) is 6.07 Å². The molecule has 6 heteroatoms. The van der Waals surface area contributed by atoms with Crippen molar-refractivity contribution in [2.75, 3.05) is 12.3 Å². The Bertz CT molecular complexity index is 449. The minimum atomic E-state index is -1.06. The number of nitrogens with two attached hydrogens (primary N) is 1. The maximum Gasteiger partial charge on any atom is 0.312 e. The molecule has 0 aliphatic rings. The monoisotopic (exact) mass is 305 g/mol. The molecule has 3 N–H and O–H groups in total. The van der Waals surface area contributed by atoms with Crippen molar-refractivity contribution in [3.05, 3.63) is 22.4 Å². The quantitative estimate of drug-likeness (QED) is 0.839. The van der Waals surface area contributed by atoms with Crippen molar-refractivity contribution in [3.8, 4) is 5.75 Å². The highest BCUT2D eigenvalue weighted by Crippen LogP contribution is 2.29. The molecule has 4 nitrogen and oxygen atoms in total. The van der Waals surface area contributed by atoms with Crippen LogP contribution in [0.5, 0.6) is 5.75 Å². The minimum Gasteiger partial charge on any atom is -0.490 e. The predicted molar refractivity (Wildman–Crippen MR) is 65.4 cm³/mol. The van der Waals surface area contributed by atoms with Crippen LogP contribution < -0.4 is 10.5 Å². The van der Waals surface area contributed by atoms with Crippen molar-refractivity contribution >= 4 is 27.6 Å². The van der Waals surface area contributed by atoms with E-state index in [2.05, 4.69) is 15.9 Å². The van der Waals surface area contributed by atoms with Crippen LogP contribution in [-0.2, 0) is 4.79 Å². The number of ether oxygens (including phenoxy) is 1. The van der Waals surface area contributed by atoms with Crippen molar-refractivity contribution in [3.63, 3.8) is 0 Å². The summed E-state index contributed by atoms with van der Waals surface area (Å²) in [7, 11) is 0. The van der Waals surface area contributed by atoms with Gasteiger partial charge in [-0.2, -0.15) is 0 Å². The number of halogens is 2. The van der Waals surface area contributed by atoms with Crippen LogP contribution in [0, 0.1) is 11.2 Å². The first-order chi connectivity index (χ1) is 7.74. The lowest BCUT2D eigenvalue weighted by Crippen LogP contribution is -2.30. The second-order valence-corrected chi connectivity index (χ2v) is 5.14. The highest BCUT2D eigenvalue weighted by Gasteiger charge is 2.28. The number of aliphatic carboxylic acids is 1. The second kappa shape index (κ2) is 4.91. The van der Waals surface area contributed by atoms with E-state index in [1.54, 1.807) is 0 Å². The zero-order valence-corrected chi connectivity index (χ0v) is 11.0. The molecule has 94 valence electrons. The van der Waals surface area contributed by atoms with E-state index in [9.17, 15) is 9.18 Å². The summed E-state index contributed by atoms with van der Waals surface area (Å²) < 4.78 is 18.7. The van der Waals surface area contributed by atoms with Crippen molar-refractivity contribution in [2.45, 2.75) is 13.8 Å². The molecule has 0 spiro atoms. The molecule has 17 heavy (non-hydrogen) atoms. The number of rotatable bonds is 4. The van der Waals surface area contributed by atoms with E-state index in [0.29, 0.717) is 0 Å². The molecule has 0 saturated heterocycles. The molecule has 1 aromatic rings. The first-order valence-corrected chi connectivity index (χ1v) is 5.64. The van der Waals surface area contributed by atoms with E-state index in [1.807, 2.05) is 0 Å². The van der Waals surface area contributed by atoms with Gasteiger partial charge in [0.1, 0.15) is 18.2 Å². The van der Waals surface area contributed by atoms with E-state index in [4.69, 9.17) is 15.6 Å². The third-order valence-corrected chi connectivity index (χ3v) is 2.83. The van der Waals surface area contributed by atoms with Gasteiger partial charge in [-0.15, -0.1) is 0 Å². The normalized spacial score (nSPS) is 11.3. The third kappa shape index (κ3) is 3.33. The van der Waals surface area contributed by atoms with Gasteiger partial charge in [0.25, 0.3) is 0 Å². The Morgan fingerprint density at radius 2 is 2.18 bits per heavy atom. The molecule has 1 rings (SSSR count). The van der Waals surface area contributed by atoms with Gasteiger partial charge in [0.05, 0.1) is 15.6 Å². The molecule has 1 aromatic carbocycles. The van der Waals surface area contributed by atoms with Crippen molar-refractivity contribution < 1.29 is 19.0 Å². The molecule has 0 heterocycles. The van der Waals surface area contributed by atoms with Gasteiger partial charge < -0.3 is 15.6 Å². The molecule has 0 aliphatic heterocycles. The minimum absolute atomic E-state index is 0.0897. The maximum atomic E-state index is 13.2. The molecule has 0 amide bonds. The summed E-state index contributed by atoms with van der Waals surface area (Å²) in [6.45, 7) is 2.94. The average Bonchev–Trinajstić information content (AvgIpc) is 2.21. The van der Waals surface area contributed by atoms with Crippen LogP contribution in [0.2, 0.25) is 0 Å². The van der Waals surface area contributed by atoms with Gasteiger partial charge in [-0.3, -0.25) is 4.79 Å². The predicted octanol–water partition coefficient (Wildman–Crippen LogP) is 2.66. The van der Waals surface area contributed by atoms with Gasteiger partial charge in [0.15, 0.2) is 0 Å². The molecular weight excluding hydrogens is 293 g/mol. The smallest absolute Gasteiger partial charge is 0.312 e. The Hall–Kier alpha value is -1.30. The van der Waals surface area contributed by atoms with Gasteiger partial charge in [0, 0.05) is 6.07 Å². The van der Waals surface area contributed by atoms with E-state index >= 15 is 0 Å². The van der Waals surface area contributed by atoms with Crippen LogP contribution in [0.4, 0.5) is 10.1 Å². The topological polar surface area (TPSA) is 72.5 Å². The lowest BCUT2D eigenvalue weighted by molar-refractivity contribution is -0.148. The van der Waals surface area contributed by atoms with E-state index in [1.165, 1.54) is 19.9 Å². The van der Waals surface area contributed by atoms with Crippen molar-refractivity contribution in [2.24, 2.45) is 5.41 Å². The second-order valence-electron chi connectivity index (χ2n) is 4.28. The molecular formula is C11H13BrFNO3. The number of benzene rings is 1. The number of carboxylic acids is 1. The lowest BCUT2D eigenvalue weighted by Gasteiger charge is -2.20. The summed E-state index contributed by atoms with van der Waals surface area (Å²) in [6.07, 6.45) is 0. The fourth-order valence-corrected chi connectivity index (χ4v) is 1.35. The number of hydrogen-bond donors (Lipinski definition) is 2. The molecule has 0 radical (unpaired) electrons. The van der Waals surface area contributed by atoms with Crippen molar-refractivity contribution in [1.29, 1.82) is 0 Å². The number of carbonyl (C=O) groups is 1. The van der Waals surface area contributed by atoms with E-state index < -0.39 is 17.2 Å². The Kier molecular flexibility index (Phi) is 3.98. The van der Waals surface area contributed by atoms with Gasteiger partial charge >= 0.3 is 5.97 Å². The number of nitrogen functional groups attached to an aromatic ring is 1. The summed E-state index contributed by atoms with van der Waals surface area (Å²) in [6, 6.07) is 2.50. The standard InChI is InChI=1S/C11H13BrFNO3/c1-11(2,10(15)16)5-17-9-4-7(13)6(12)3-8(9)14/h3-4H,5,14H2,1-2H3,(H,15,16). The Morgan fingerprint density at radius 3 is 2.71 bits per heavy atom. The summed E-state index contributed by atoms with van der Waals surface area (Å²) in [4.78, 5) is 10.9. The van der Waals surface area contributed by atoms with Crippen LogP contribution in [0.1, 0.15) is 13.8 Å². The summed E-state index contributed by atoms with van der Waals surface area (Å²) >= 11 is 2.99. The first-order valence-electron chi connectivity index (χ1n) is 4.85. The Balaban J connectivity index is 2.83. The average molecular weight is 306 g/mol. The Labute approximate surface area is 107 Å². The van der Waals surface area contributed by atoms with Gasteiger partial charge in [-0.05, 0) is 35.8 Å². The van der Waals surface area contributed by atoms with Gasteiger partial charge in [-0.1, -0.05) is 0 Å². The largest absolute Gasteiger partial charge is 0.490 e. The van der Waals surface area contributed by atoms with Crippen LogP contribution in [-0.4, -0.2) is 17.7 Å². The zero-order chi connectivity index (χ0) is 13.2. The highest BCUT2D eigenvalue weighted by atomic mass is 79.9. The molecule has 0 bridgehead atoms. The molecule has 0 unspecified atom stereocenters. The maximum absolute atomic E-state index is 13.2. The molecule has 0 aromatic heterocycles. The van der Waals surface area contributed by atoms with E-state index in [-0.39, 0.29) is 22.5 Å². The van der Waals surface area contributed by atoms with Crippen LogP contribution in [0.15, 0.2) is 16.6 Å².